The lowest BCUT2D eigenvalue weighted by molar-refractivity contribution is -0.142. The molecular weight excluding hydrogens is 494 g/mol. The van der Waals surface area contributed by atoms with Gasteiger partial charge in [0, 0.05) is 12.8 Å². The number of carboxylic acid groups (broad SMARTS) is 2. The first-order valence-electron chi connectivity index (χ1n) is 12.8. The summed E-state index contributed by atoms with van der Waals surface area (Å²) < 4.78 is 0. The minimum absolute atomic E-state index is 0.0646. The molecule has 5 unspecified atom stereocenters. The fourth-order valence-corrected chi connectivity index (χ4v) is 3.72. The van der Waals surface area contributed by atoms with Crippen LogP contribution >= 0.6 is 0 Å². The fraction of sp³-hybridized carbons (Fsp3) is 0.577. The van der Waals surface area contributed by atoms with E-state index in [1.165, 1.54) is 0 Å². The molecule has 12 heteroatoms. The standard InChI is InChI=1S/C26H41N5O7/c1-3-16(2)22(25(36)30-20(26(37)38)15-17-9-5-4-6-10-17)31-24(35)19(11-7-8-14-27)29-23(34)18(28)12-13-21(32)33/h4-6,9-10,16,18-20,22H,3,7-8,11-15,27-28H2,1-2H3,(H,29,34)(H,30,36)(H,31,35)(H,32,33)(H,37,38). The van der Waals surface area contributed by atoms with Crippen LogP contribution in [-0.4, -0.2) is 70.6 Å². The van der Waals surface area contributed by atoms with Gasteiger partial charge < -0.3 is 37.6 Å². The van der Waals surface area contributed by atoms with Crippen molar-refractivity contribution in [1.82, 2.24) is 16.0 Å². The summed E-state index contributed by atoms with van der Waals surface area (Å²) in [6, 6.07) is 4.42. The number of hydrogen-bond donors (Lipinski definition) is 7. The van der Waals surface area contributed by atoms with E-state index in [-0.39, 0.29) is 31.6 Å². The van der Waals surface area contributed by atoms with E-state index in [0.29, 0.717) is 25.8 Å². The van der Waals surface area contributed by atoms with Crippen molar-refractivity contribution < 1.29 is 34.2 Å². The van der Waals surface area contributed by atoms with E-state index in [1.807, 2.05) is 6.92 Å². The van der Waals surface area contributed by atoms with E-state index >= 15 is 0 Å². The summed E-state index contributed by atoms with van der Waals surface area (Å²) in [5.74, 6) is -4.61. The summed E-state index contributed by atoms with van der Waals surface area (Å²) >= 11 is 0. The van der Waals surface area contributed by atoms with Crippen LogP contribution in [0.5, 0.6) is 0 Å². The van der Waals surface area contributed by atoms with Crippen LogP contribution in [0.3, 0.4) is 0 Å². The Kier molecular flexibility index (Phi) is 14.6. The molecule has 5 atom stereocenters. The molecule has 1 aromatic rings. The first kappa shape index (κ1) is 32.5. The summed E-state index contributed by atoms with van der Waals surface area (Å²) in [6.07, 6.45) is 1.50. The number of nitrogens with one attached hydrogen (secondary N) is 3. The zero-order valence-corrected chi connectivity index (χ0v) is 22.0. The molecule has 0 heterocycles. The largest absolute Gasteiger partial charge is 0.481 e. The van der Waals surface area contributed by atoms with Gasteiger partial charge in [0.25, 0.3) is 0 Å². The predicted molar refractivity (Wildman–Crippen MR) is 141 cm³/mol. The van der Waals surface area contributed by atoms with Crippen molar-refractivity contribution in [2.24, 2.45) is 17.4 Å². The number of rotatable bonds is 18. The number of hydrogen-bond acceptors (Lipinski definition) is 7. The Labute approximate surface area is 222 Å². The lowest BCUT2D eigenvalue weighted by Gasteiger charge is -2.28. The minimum atomic E-state index is -1.21. The quantitative estimate of drug-likeness (QED) is 0.127. The molecule has 0 spiro atoms. The van der Waals surface area contributed by atoms with Crippen molar-refractivity contribution in [3.05, 3.63) is 35.9 Å². The maximum absolute atomic E-state index is 13.2. The highest BCUT2D eigenvalue weighted by Gasteiger charge is 2.32. The molecule has 0 saturated carbocycles. The van der Waals surface area contributed by atoms with Crippen molar-refractivity contribution in [2.75, 3.05) is 6.54 Å². The molecule has 0 aliphatic heterocycles. The van der Waals surface area contributed by atoms with Crippen LogP contribution in [0, 0.1) is 5.92 Å². The Bertz CT molecular complexity index is 928. The van der Waals surface area contributed by atoms with Crippen molar-refractivity contribution in [2.45, 2.75) is 83.0 Å². The molecule has 0 bridgehead atoms. The molecule has 1 aromatic carbocycles. The van der Waals surface area contributed by atoms with Gasteiger partial charge in [0.05, 0.1) is 6.04 Å². The van der Waals surface area contributed by atoms with Gasteiger partial charge in [-0.25, -0.2) is 4.79 Å². The Balaban J connectivity index is 3.01. The van der Waals surface area contributed by atoms with Crippen LogP contribution in [0.2, 0.25) is 0 Å². The van der Waals surface area contributed by atoms with Gasteiger partial charge in [0.2, 0.25) is 17.7 Å². The minimum Gasteiger partial charge on any atom is -0.481 e. The zero-order chi connectivity index (χ0) is 28.7. The third-order valence-electron chi connectivity index (χ3n) is 6.28. The molecule has 9 N–H and O–H groups in total. The topological polar surface area (TPSA) is 214 Å². The fourth-order valence-electron chi connectivity index (χ4n) is 3.72. The Hall–Kier alpha value is -3.51. The van der Waals surface area contributed by atoms with Crippen molar-refractivity contribution >= 4 is 29.7 Å². The van der Waals surface area contributed by atoms with Crippen LogP contribution in [0.15, 0.2) is 30.3 Å². The summed E-state index contributed by atoms with van der Waals surface area (Å²) in [5.41, 5.74) is 12.1. The first-order valence-corrected chi connectivity index (χ1v) is 12.8. The van der Waals surface area contributed by atoms with Crippen molar-refractivity contribution in [3.8, 4) is 0 Å². The highest BCUT2D eigenvalue weighted by molar-refractivity contribution is 5.94. The Morgan fingerprint density at radius 1 is 0.868 bits per heavy atom. The molecule has 0 aliphatic rings. The molecule has 38 heavy (non-hydrogen) atoms. The van der Waals surface area contributed by atoms with Crippen LogP contribution < -0.4 is 27.4 Å². The summed E-state index contributed by atoms with van der Waals surface area (Å²) in [7, 11) is 0. The van der Waals surface area contributed by atoms with E-state index in [0.717, 1.165) is 5.56 Å². The van der Waals surface area contributed by atoms with Gasteiger partial charge in [-0.3, -0.25) is 19.2 Å². The number of amides is 3. The molecule has 0 aromatic heterocycles. The van der Waals surface area contributed by atoms with Crippen LogP contribution in [0.25, 0.3) is 0 Å². The molecule has 0 saturated heterocycles. The lowest BCUT2D eigenvalue weighted by atomic mass is 9.96. The van der Waals surface area contributed by atoms with Crippen molar-refractivity contribution in [1.29, 1.82) is 0 Å². The molecular formula is C26H41N5O7. The SMILES string of the molecule is CCC(C)C(NC(=O)C(CCCCN)NC(=O)C(N)CCC(=O)O)C(=O)NC(Cc1ccccc1)C(=O)O. The molecule has 0 aliphatic carbocycles. The average molecular weight is 536 g/mol. The lowest BCUT2D eigenvalue weighted by Crippen LogP contribution is -2.58. The number of nitrogens with two attached hydrogens (primary N) is 2. The number of benzene rings is 1. The van der Waals surface area contributed by atoms with Gasteiger partial charge in [-0.15, -0.1) is 0 Å². The summed E-state index contributed by atoms with van der Waals surface area (Å²) in [6.45, 7) is 3.97. The third-order valence-corrected chi connectivity index (χ3v) is 6.28. The van der Waals surface area contributed by atoms with Gasteiger partial charge in [-0.1, -0.05) is 50.6 Å². The number of carboxylic acids is 2. The molecule has 12 nitrogen and oxygen atoms in total. The second kappa shape index (κ2) is 17.1. The number of unbranched alkanes of at least 4 members (excludes halogenated alkanes) is 1. The zero-order valence-electron chi connectivity index (χ0n) is 22.0. The normalized spacial score (nSPS) is 14.8. The van der Waals surface area contributed by atoms with E-state index < -0.39 is 53.8 Å². The van der Waals surface area contributed by atoms with Gasteiger partial charge in [-0.2, -0.15) is 0 Å². The van der Waals surface area contributed by atoms with E-state index in [2.05, 4.69) is 16.0 Å². The van der Waals surface area contributed by atoms with E-state index in [1.54, 1.807) is 37.3 Å². The number of carbonyl (C=O) groups is 5. The average Bonchev–Trinajstić information content (AvgIpc) is 2.89. The van der Waals surface area contributed by atoms with Gasteiger partial charge in [0.15, 0.2) is 0 Å². The molecule has 0 radical (unpaired) electrons. The van der Waals surface area contributed by atoms with E-state index in [4.69, 9.17) is 16.6 Å². The number of aliphatic carboxylic acids is 2. The Morgan fingerprint density at radius 3 is 2.05 bits per heavy atom. The van der Waals surface area contributed by atoms with Crippen LogP contribution in [0.4, 0.5) is 0 Å². The molecule has 3 amide bonds. The smallest absolute Gasteiger partial charge is 0.326 e. The van der Waals surface area contributed by atoms with Gasteiger partial charge in [0.1, 0.15) is 18.1 Å². The Morgan fingerprint density at radius 2 is 1.50 bits per heavy atom. The second-order valence-corrected chi connectivity index (χ2v) is 9.35. The highest BCUT2D eigenvalue weighted by Crippen LogP contribution is 2.12. The second-order valence-electron chi connectivity index (χ2n) is 9.35. The highest BCUT2D eigenvalue weighted by atomic mass is 16.4. The van der Waals surface area contributed by atoms with Crippen LogP contribution in [0.1, 0.15) is 57.9 Å². The summed E-state index contributed by atoms with van der Waals surface area (Å²) in [4.78, 5) is 61.6. The summed E-state index contributed by atoms with van der Waals surface area (Å²) in [5, 5.41) is 26.3. The van der Waals surface area contributed by atoms with E-state index in [9.17, 15) is 29.1 Å². The maximum atomic E-state index is 13.2. The first-order chi connectivity index (χ1) is 18.0. The van der Waals surface area contributed by atoms with Gasteiger partial charge in [-0.05, 0) is 43.7 Å². The predicted octanol–water partition coefficient (Wildman–Crippen LogP) is 0.135. The number of carbonyl (C=O) groups excluding carboxylic acids is 3. The van der Waals surface area contributed by atoms with Gasteiger partial charge >= 0.3 is 11.9 Å². The van der Waals surface area contributed by atoms with Crippen molar-refractivity contribution in [3.63, 3.8) is 0 Å². The molecule has 1 rings (SSSR count). The monoisotopic (exact) mass is 535 g/mol. The molecule has 212 valence electrons. The third kappa shape index (κ3) is 11.7. The molecule has 0 fully saturated rings. The maximum Gasteiger partial charge on any atom is 0.326 e. The van der Waals surface area contributed by atoms with Crippen LogP contribution in [-0.2, 0) is 30.4 Å².